The number of aliphatic hydroxyl groups is 1. The third-order valence-electron chi connectivity index (χ3n) is 2.64. The second kappa shape index (κ2) is 7.70. The van der Waals surface area contributed by atoms with E-state index in [1.807, 2.05) is 18.7 Å². The van der Waals surface area contributed by atoms with Crippen molar-refractivity contribution in [2.45, 2.75) is 33.3 Å². The van der Waals surface area contributed by atoms with Gasteiger partial charge in [0.15, 0.2) is 0 Å². The minimum Gasteiger partial charge on any atom is -0.393 e. The molecule has 0 spiro atoms. The van der Waals surface area contributed by atoms with Crippen molar-refractivity contribution in [2.24, 2.45) is 5.84 Å². The fraction of sp³-hybridized carbons (Fsp3) is 0.727. The molecule has 1 rings (SSSR count). The normalized spacial score (nSPS) is 12.1. The van der Waals surface area contributed by atoms with Gasteiger partial charge < -0.3 is 15.3 Å². The Labute approximate surface area is 113 Å². The molecule has 0 bridgehead atoms. The van der Waals surface area contributed by atoms with Gasteiger partial charge in [-0.05, 0) is 27.2 Å². The highest BCUT2D eigenvalue weighted by Gasteiger charge is 2.10. The number of aliphatic hydroxyl groups excluding tert-OH is 1. The quantitative estimate of drug-likeness (QED) is 0.391. The average molecular weight is 269 g/mol. The summed E-state index contributed by atoms with van der Waals surface area (Å²) in [4.78, 5) is 14.7. The van der Waals surface area contributed by atoms with Crippen LogP contribution in [0, 0.1) is 0 Å². The summed E-state index contributed by atoms with van der Waals surface area (Å²) in [7, 11) is 0. The number of aromatic nitrogens is 3. The van der Waals surface area contributed by atoms with Crippen LogP contribution in [0.2, 0.25) is 0 Å². The van der Waals surface area contributed by atoms with Gasteiger partial charge in [0.05, 0.1) is 6.10 Å². The van der Waals surface area contributed by atoms with Crippen LogP contribution >= 0.6 is 0 Å². The molecule has 0 aliphatic rings. The predicted molar refractivity (Wildman–Crippen MR) is 76.0 cm³/mol. The number of hydrogen-bond acceptors (Lipinski definition) is 8. The van der Waals surface area contributed by atoms with E-state index in [-0.39, 0.29) is 6.10 Å². The molecule has 0 saturated heterocycles. The number of nitrogens with one attached hydrogen (secondary N) is 2. The van der Waals surface area contributed by atoms with Gasteiger partial charge >= 0.3 is 0 Å². The number of anilines is 3. The van der Waals surface area contributed by atoms with Crippen molar-refractivity contribution < 1.29 is 5.11 Å². The Balaban J connectivity index is 2.82. The number of nitrogens with zero attached hydrogens (tertiary/aromatic N) is 4. The molecule has 0 aliphatic heterocycles. The van der Waals surface area contributed by atoms with Gasteiger partial charge in [0.1, 0.15) is 0 Å². The number of nitrogens with two attached hydrogens (primary N) is 1. The molecule has 1 atom stereocenters. The summed E-state index contributed by atoms with van der Waals surface area (Å²) in [5.74, 6) is 6.70. The lowest BCUT2D eigenvalue weighted by atomic mass is 10.3. The van der Waals surface area contributed by atoms with Gasteiger partial charge in [-0.15, -0.1) is 0 Å². The maximum absolute atomic E-state index is 9.22. The van der Waals surface area contributed by atoms with E-state index in [1.54, 1.807) is 6.92 Å². The second-order valence-corrected chi connectivity index (χ2v) is 4.16. The van der Waals surface area contributed by atoms with Crippen molar-refractivity contribution in [3.63, 3.8) is 0 Å². The first-order valence-electron chi connectivity index (χ1n) is 6.50. The maximum Gasteiger partial charge on any atom is 0.243 e. The maximum atomic E-state index is 9.22. The van der Waals surface area contributed by atoms with Crippen molar-refractivity contribution in [1.29, 1.82) is 0 Å². The van der Waals surface area contributed by atoms with Crippen molar-refractivity contribution in [2.75, 3.05) is 35.3 Å². The van der Waals surface area contributed by atoms with E-state index < -0.39 is 0 Å². The van der Waals surface area contributed by atoms with E-state index in [2.05, 4.69) is 25.7 Å². The minimum absolute atomic E-state index is 0.316. The van der Waals surface area contributed by atoms with Crippen LogP contribution in [0.4, 0.5) is 17.8 Å². The Bertz CT molecular complexity index is 381. The summed E-state index contributed by atoms with van der Waals surface area (Å²) in [6.45, 7) is 7.99. The molecule has 1 aromatic heterocycles. The summed E-state index contributed by atoms with van der Waals surface area (Å²) >= 11 is 0. The molecule has 108 valence electrons. The van der Waals surface area contributed by atoms with Crippen LogP contribution in [-0.4, -0.2) is 45.8 Å². The molecule has 0 fully saturated rings. The monoisotopic (exact) mass is 269 g/mol. The highest BCUT2D eigenvalue weighted by atomic mass is 16.3. The number of nitrogen functional groups attached to an aromatic ring is 1. The number of hydrogen-bond donors (Lipinski definition) is 4. The van der Waals surface area contributed by atoms with Crippen LogP contribution in [0.25, 0.3) is 0 Å². The summed E-state index contributed by atoms with van der Waals surface area (Å²) in [6.07, 6.45) is 0.265. The van der Waals surface area contributed by atoms with Crippen LogP contribution in [0.1, 0.15) is 27.2 Å². The Kier molecular flexibility index (Phi) is 6.23. The summed E-state index contributed by atoms with van der Waals surface area (Å²) in [6, 6.07) is 0. The highest BCUT2D eigenvalue weighted by Crippen LogP contribution is 2.12. The zero-order valence-corrected chi connectivity index (χ0v) is 11.7. The third-order valence-corrected chi connectivity index (χ3v) is 2.64. The molecule has 1 aromatic rings. The van der Waals surface area contributed by atoms with Gasteiger partial charge in [-0.25, -0.2) is 5.84 Å². The molecule has 8 nitrogen and oxygen atoms in total. The van der Waals surface area contributed by atoms with Gasteiger partial charge in [0.2, 0.25) is 17.8 Å². The zero-order valence-electron chi connectivity index (χ0n) is 11.7. The smallest absolute Gasteiger partial charge is 0.243 e. The Morgan fingerprint density at radius 2 is 1.84 bits per heavy atom. The molecule has 0 aromatic carbocycles. The summed E-state index contributed by atoms with van der Waals surface area (Å²) in [5, 5.41) is 12.3. The van der Waals surface area contributed by atoms with Crippen LogP contribution < -0.4 is 21.5 Å². The van der Waals surface area contributed by atoms with Crippen LogP contribution in [0.5, 0.6) is 0 Å². The molecule has 0 saturated carbocycles. The fourth-order valence-corrected chi connectivity index (χ4v) is 1.55. The van der Waals surface area contributed by atoms with E-state index in [1.165, 1.54) is 0 Å². The molecule has 1 unspecified atom stereocenters. The molecule has 0 radical (unpaired) electrons. The molecule has 0 aliphatic carbocycles. The summed E-state index contributed by atoms with van der Waals surface area (Å²) < 4.78 is 0. The molecule has 1 heterocycles. The zero-order chi connectivity index (χ0) is 14.3. The largest absolute Gasteiger partial charge is 0.393 e. The van der Waals surface area contributed by atoms with Gasteiger partial charge in [0, 0.05) is 19.6 Å². The molecular weight excluding hydrogens is 246 g/mol. The van der Waals surface area contributed by atoms with Crippen LogP contribution in [-0.2, 0) is 0 Å². The van der Waals surface area contributed by atoms with Crippen LogP contribution in [0.3, 0.4) is 0 Å². The van der Waals surface area contributed by atoms with Crippen molar-refractivity contribution in [3.8, 4) is 0 Å². The highest BCUT2D eigenvalue weighted by molar-refractivity contribution is 5.43. The SMILES string of the molecule is CCN(CC)c1nc(NN)nc(NCCC(C)O)n1. The molecule has 8 heteroatoms. The van der Waals surface area contributed by atoms with E-state index in [9.17, 15) is 5.11 Å². The van der Waals surface area contributed by atoms with Gasteiger partial charge in [0.25, 0.3) is 0 Å². The first-order chi connectivity index (χ1) is 9.10. The minimum atomic E-state index is -0.358. The molecule has 0 amide bonds. The van der Waals surface area contributed by atoms with Crippen molar-refractivity contribution in [1.82, 2.24) is 15.0 Å². The number of rotatable bonds is 8. The Morgan fingerprint density at radius 3 is 2.37 bits per heavy atom. The lowest BCUT2D eigenvalue weighted by Crippen LogP contribution is -2.26. The topological polar surface area (TPSA) is 112 Å². The number of hydrazine groups is 1. The molecule has 5 N–H and O–H groups in total. The Hall–Kier alpha value is -1.67. The lowest BCUT2D eigenvalue weighted by Gasteiger charge is -2.19. The van der Waals surface area contributed by atoms with E-state index in [0.717, 1.165) is 13.1 Å². The summed E-state index contributed by atoms with van der Waals surface area (Å²) in [5.41, 5.74) is 2.43. The Morgan fingerprint density at radius 1 is 1.21 bits per heavy atom. The van der Waals surface area contributed by atoms with Gasteiger partial charge in [-0.1, -0.05) is 0 Å². The van der Waals surface area contributed by atoms with E-state index in [4.69, 9.17) is 5.84 Å². The molecular formula is C11H23N7O. The predicted octanol–water partition coefficient (Wildman–Crippen LogP) is 0.186. The third kappa shape index (κ3) is 4.84. The van der Waals surface area contributed by atoms with E-state index >= 15 is 0 Å². The fourth-order valence-electron chi connectivity index (χ4n) is 1.55. The van der Waals surface area contributed by atoms with Gasteiger partial charge in [-0.2, -0.15) is 15.0 Å². The van der Waals surface area contributed by atoms with Crippen LogP contribution in [0.15, 0.2) is 0 Å². The average Bonchev–Trinajstić information content (AvgIpc) is 2.39. The van der Waals surface area contributed by atoms with Gasteiger partial charge in [-0.3, -0.25) is 5.43 Å². The van der Waals surface area contributed by atoms with Crippen molar-refractivity contribution >= 4 is 17.8 Å². The standard InChI is InChI=1S/C11H23N7O/c1-4-18(5-2)11-15-9(13-7-6-8(3)19)14-10(16-11)17-12/h8,19H,4-7,12H2,1-3H3,(H2,13,14,15,16,17). The second-order valence-electron chi connectivity index (χ2n) is 4.16. The molecule has 19 heavy (non-hydrogen) atoms. The first kappa shape index (κ1) is 15.4. The van der Waals surface area contributed by atoms with E-state index in [0.29, 0.717) is 30.8 Å². The lowest BCUT2D eigenvalue weighted by molar-refractivity contribution is 0.188. The first-order valence-corrected chi connectivity index (χ1v) is 6.50. The van der Waals surface area contributed by atoms with Crippen molar-refractivity contribution in [3.05, 3.63) is 0 Å².